The Labute approximate surface area is 234 Å². The second kappa shape index (κ2) is 13.2. The molecule has 0 radical (unpaired) electrons. The van der Waals surface area contributed by atoms with E-state index >= 15 is 0 Å². The molecule has 2 aromatic rings. The maximum atomic E-state index is 12.6. The van der Waals surface area contributed by atoms with Crippen LogP contribution in [0.1, 0.15) is 57.2 Å². The Hall–Kier alpha value is -3.02. The van der Waals surface area contributed by atoms with Crippen molar-refractivity contribution >= 4 is 52.1 Å². The van der Waals surface area contributed by atoms with E-state index in [-0.39, 0.29) is 28.8 Å². The SMILES string of the molecule is CN1CCc2nc(C(=O)N[C@H]3CCCC(C(=O)N(C)C)C3)sc2C1.Cc1ccc(/C=C(\N)C(N)=S)c(N)c1. The van der Waals surface area contributed by atoms with E-state index in [1.807, 2.05) is 25.1 Å². The standard InChI is InChI=1S/C17H26N4O2S.C10H13N3S/c1-20(2)17(23)11-5-4-6-12(9-11)18-15(22)16-19-13-7-8-21(3)10-14(13)24-16;1-6-2-3-7(8(11)4-6)5-9(12)10(13)14/h11-12H,4-10H2,1-3H3,(H,18,22);2-5H,11-12H2,1H3,(H2,13,14)/b;9-5-/t11?,12-;/m0./s1. The minimum Gasteiger partial charge on any atom is -0.398 e. The summed E-state index contributed by atoms with van der Waals surface area (Å²) in [6.07, 6.45) is 6.17. The van der Waals surface area contributed by atoms with Crippen LogP contribution in [0.4, 0.5) is 5.69 Å². The van der Waals surface area contributed by atoms with Crippen LogP contribution in [0.15, 0.2) is 23.9 Å². The van der Waals surface area contributed by atoms with Crippen molar-refractivity contribution in [3.63, 3.8) is 0 Å². The predicted octanol–water partition coefficient (Wildman–Crippen LogP) is 2.67. The van der Waals surface area contributed by atoms with Gasteiger partial charge in [0.05, 0.1) is 11.4 Å². The molecule has 1 fully saturated rings. The van der Waals surface area contributed by atoms with Gasteiger partial charge in [0.2, 0.25) is 5.91 Å². The number of thiocarbonyl (C=S) groups is 1. The highest BCUT2D eigenvalue weighted by Crippen LogP contribution is 2.27. The molecular formula is C27H39N7O2S2. The van der Waals surface area contributed by atoms with Gasteiger partial charge in [0, 0.05) is 56.1 Å². The molecule has 1 aliphatic carbocycles. The van der Waals surface area contributed by atoms with Gasteiger partial charge in [0.25, 0.3) is 5.91 Å². The van der Waals surface area contributed by atoms with Crippen molar-refractivity contribution in [1.82, 2.24) is 20.1 Å². The number of hydrogen-bond donors (Lipinski definition) is 4. The van der Waals surface area contributed by atoms with Gasteiger partial charge in [-0.25, -0.2) is 4.98 Å². The summed E-state index contributed by atoms with van der Waals surface area (Å²) < 4.78 is 0. The van der Waals surface area contributed by atoms with Crippen LogP contribution >= 0.6 is 23.6 Å². The second-order valence-electron chi connectivity index (χ2n) is 10.2. The van der Waals surface area contributed by atoms with Crippen molar-refractivity contribution in [3.05, 3.63) is 50.6 Å². The number of nitrogens with two attached hydrogens (primary N) is 3. The highest BCUT2D eigenvalue weighted by molar-refractivity contribution is 7.80. The van der Waals surface area contributed by atoms with Gasteiger partial charge in [-0.05, 0) is 56.5 Å². The smallest absolute Gasteiger partial charge is 0.280 e. The second-order valence-corrected chi connectivity index (χ2v) is 11.8. The van der Waals surface area contributed by atoms with E-state index in [0.717, 1.165) is 62.0 Å². The number of benzene rings is 1. The van der Waals surface area contributed by atoms with Gasteiger partial charge in [-0.2, -0.15) is 0 Å². The van der Waals surface area contributed by atoms with Crippen molar-refractivity contribution < 1.29 is 9.59 Å². The van der Waals surface area contributed by atoms with Gasteiger partial charge in [-0.15, -0.1) is 11.3 Å². The van der Waals surface area contributed by atoms with Crippen LogP contribution in [0, 0.1) is 12.8 Å². The van der Waals surface area contributed by atoms with E-state index in [1.165, 1.54) is 16.2 Å². The summed E-state index contributed by atoms with van der Waals surface area (Å²) in [4.78, 5) is 34.5. The summed E-state index contributed by atoms with van der Waals surface area (Å²) in [7, 11) is 5.68. The molecule has 0 spiro atoms. The van der Waals surface area contributed by atoms with Crippen LogP contribution in [0.2, 0.25) is 0 Å². The Kier molecular flexibility index (Phi) is 10.2. The molecule has 206 valence electrons. The lowest BCUT2D eigenvalue weighted by atomic mass is 9.85. The van der Waals surface area contributed by atoms with E-state index in [9.17, 15) is 9.59 Å². The molecule has 9 nitrogen and oxygen atoms in total. The number of carbonyl (C=O) groups is 2. The first-order valence-electron chi connectivity index (χ1n) is 12.8. The summed E-state index contributed by atoms with van der Waals surface area (Å²) in [5.74, 6) is 0.110. The zero-order valence-corrected chi connectivity index (χ0v) is 24.3. The van der Waals surface area contributed by atoms with Crippen LogP contribution < -0.4 is 22.5 Å². The average molecular weight is 558 g/mol. The number of aromatic nitrogens is 1. The number of anilines is 1. The van der Waals surface area contributed by atoms with Gasteiger partial charge in [0.1, 0.15) is 4.99 Å². The lowest BCUT2D eigenvalue weighted by Gasteiger charge is -2.30. The van der Waals surface area contributed by atoms with Crippen molar-refractivity contribution in [3.8, 4) is 0 Å². The van der Waals surface area contributed by atoms with E-state index in [1.54, 1.807) is 25.1 Å². The van der Waals surface area contributed by atoms with Crippen LogP contribution in [0.5, 0.6) is 0 Å². The Morgan fingerprint density at radius 2 is 2.00 bits per heavy atom. The normalized spacial score (nSPS) is 19.5. The van der Waals surface area contributed by atoms with Gasteiger partial charge in [0.15, 0.2) is 5.01 Å². The molecule has 2 amide bonds. The number of rotatable bonds is 5. The van der Waals surface area contributed by atoms with Crippen molar-refractivity contribution in [2.24, 2.45) is 17.4 Å². The fourth-order valence-electron chi connectivity index (χ4n) is 4.64. The zero-order chi connectivity index (χ0) is 28.0. The number of amides is 2. The highest BCUT2D eigenvalue weighted by atomic mass is 32.1. The quantitative estimate of drug-likeness (QED) is 0.250. The number of hydrogen-bond acceptors (Lipinski definition) is 8. The molecule has 38 heavy (non-hydrogen) atoms. The molecule has 1 aromatic carbocycles. The number of aryl methyl sites for hydroxylation is 1. The molecular weight excluding hydrogens is 518 g/mol. The molecule has 1 aromatic heterocycles. The first-order valence-corrected chi connectivity index (χ1v) is 14.0. The van der Waals surface area contributed by atoms with Crippen molar-refractivity contribution in [2.75, 3.05) is 33.4 Å². The first-order chi connectivity index (χ1) is 17.9. The molecule has 2 heterocycles. The molecule has 0 bridgehead atoms. The monoisotopic (exact) mass is 557 g/mol. The number of thiazole rings is 1. The lowest BCUT2D eigenvalue weighted by molar-refractivity contribution is -0.134. The summed E-state index contributed by atoms with van der Waals surface area (Å²) >= 11 is 6.24. The molecule has 11 heteroatoms. The van der Waals surface area contributed by atoms with E-state index < -0.39 is 0 Å². The molecule has 1 aliphatic heterocycles. The topological polar surface area (TPSA) is 144 Å². The maximum Gasteiger partial charge on any atom is 0.280 e. The highest BCUT2D eigenvalue weighted by Gasteiger charge is 2.30. The van der Waals surface area contributed by atoms with Crippen molar-refractivity contribution in [1.29, 1.82) is 0 Å². The molecule has 1 unspecified atom stereocenters. The van der Waals surface area contributed by atoms with Crippen LogP contribution in [-0.2, 0) is 17.8 Å². The largest absolute Gasteiger partial charge is 0.398 e. The van der Waals surface area contributed by atoms with Gasteiger partial charge >= 0.3 is 0 Å². The summed E-state index contributed by atoms with van der Waals surface area (Å²) in [6, 6.07) is 5.78. The number of carbonyl (C=O) groups excluding carboxylic acids is 2. The summed E-state index contributed by atoms with van der Waals surface area (Å²) in [5.41, 5.74) is 20.8. The maximum absolute atomic E-state index is 12.6. The van der Waals surface area contributed by atoms with Crippen LogP contribution in [0.3, 0.4) is 0 Å². The predicted molar refractivity (Wildman–Crippen MR) is 159 cm³/mol. The number of fused-ring (bicyclic) bond motifs is 1. The van der Waals surface area contributed by atoms with Crippen LogP contribution in [0.25, 0.3) is 6.08 Å². The Balaban J connectivity index is 0.000000244. The Morgan fingerprint density at radius 3 is 2.66 bits per heavy atom. The molecule has 0 saturated heterocycles. The van der Waals surface area contributed by atoms with E-state index in [2.05, 4.69) is 22.2 Å². The first kappa shape index (κ1) is 29.5. The molecule has 1 saturated carbocycles. The number of likely N-dealkylation sites (N-methyl/N-ethyl adjacent to an activating group) is 1. The third-order valence-electron chi connectivity index (χ3n) is 6.75. The lowest BCUT2D eigenvalue weighted by Crippen LogP contribution is -2.42. The van der Waals surface area contributed by atoms with E-state index in [0.29, 0.717) is 16.4 Å². The van der Waals surface area contributed by atoms with Gasteiger partial charge in [-0.3, -0.25) is 9.59 Å². The number of nitrogens with zero attached hydrogens (tertiary/aromatic N) is 3. The Morgan fingerprint density at radius 1 is 1.26 bits per heavy atom. The minimum atomic E-state index is -0.0833. The van der Waals surface area contributed by atoms with Crippen LogP contribution in [-0.4, -0.2) is 65.3 Å². The zero-order valence-electron chi connectivity index (χ0n) is 22.6. The molecule has 4 rings (SSSR count). The molecule has 2 aliphatic rings. The molecule has 2 atom stereocenters. The fraction of sp³-hybridized carbons (Fsp3) is 0.481. The van der Waals surface area contributed by atoms with E-state index in [4.69, 9.17) is 29.4 Å². The summed E-state index contributed by atoms with van der Waals surface area (Å²) in [6.45, 7) is 3.85. The minimum absolute atomic E-state index is 0.0252. The Bertz CT molecular complexity index is 1210. The molecule has 7 N–H and O–H groups in total. The van der Waals surface area contributed by atoms with Crippen molar-refractivity contribution in [2.45, 2.75) is 51.6 Å². The third-order valence-corrected chi connectivity index (χ3v) is 8.07. The summed E-state index contributed by atoms with van der Waals surface area (Å²) in [5, 5.41) is 3.67. The van der Waals surface area contributed by atoms with Gasteiger partial charge < -0.3 is 32.3 Å². The fourth-order valence-corrected chi connectivity index (χ4v) is 5.79. The number of nitrogens with one attached hydrogen (secondary N) is 1. The average Bonchev–Trinajstić information content (AvgIpc) is 3.29. The van der Waals surface area contributed by atoms with Gasteiger partial charge in [-0.1, -0.05) is 30.8 Å². The third kappa shape index (κ3) is 7.99. The number of nitrogen functional groups attached to an aromatic ring is 1.